The van der Waals surface area contributed by atoms with Gasteiger partial charge in [-0.2, -0.15) is 18.3 Å². The minimum Gasteiger partial charge on any atom is -0.323 e. The fourth-order valence-electron chi connectivity index (χ4n) is 2.86. The second-order valence-electron chi connectivity index (χ2n) is 6.41. The van der Waals surface area contributed by atoms with Gasteiger partial charge in [0.25, 0.3) is 0 Å². The SMILES string of the molecule is CCN(CC(=O)Nc1cc(C(F)(F)F)ccc1-n1cncn1)Cc1ccccc1. The van der Waals surface area contributed by atoms with E-state index in [9.17, 15) is 18.0 Å². The van der Waals surface area contributed by atoms with E-state index in [1.54, 1.807) is 0 Å². The fraction of sp³-hybridized carbons (Fsp3) is 0.250. The molecule has 0 aliphatic heterocycles. The Bertz CT molecular complexity index is 943. The zero-order valence-corrected chi connectivity index (χ0v) is 15.7. The van der Waals surface area contributed by atoms with E-state index in [2.05, 4.69) is 15.4 Å². The molecule has 0 saturated carbocycles. The highest BCUT2D eigenvalue weighted by atomic mass is 19.4. The van der Waals surface area contributed by atoms with Gasteiger partial charge in [0.2, 0.25) is 5.91 Å². The van der Waals surface area contributed by atoms with Crippen LogP contribution in [0.25, 0.3) is 5.69 Å². The maximum atomic E-state index is 13.1. The predicted molar refractivity (Wildman–Crippen MR) is 102 cm³/mol. The van der Waals surface area contributed by atoms with Crippen LogP contribution in [0.4, 0.5) is 18.9 Å². The van der Waals surface area contributed by atoms with Crippen LogP contribution >= 0.6 is 0 Å². The highest BCUT2D eigenvalue weighted by Crippen LogP contribution is 2.33. The van der Waals surface area contributed by atoms with Crippen molar-refractivity contribution < 1.29 is 18.0 Å². The van der Waals surface area contributed by atoms with Gasteiger partial charge in [-0.3, -0.25) is 9.69 Å². The molecule has 0 aliphatic rings. The van der Waals surface area contributed by atoms with E-state index < -0.39 is 17.6 Å². The summed E-state index contributed by atoms with van der Waals surface area (Å²) in [7, 11) is 0. The lowest BCUT2D eigenvalue weighted by atomic mass is 10.1. The van der Waals surface area contributed by atoms with Crippen LogP contribution in [0.2, 0.25) is 0 Å². The summed E-state index contributed by atoms with van der Waals surface area (Å²) in [4.78, 5) is 18.3. The van der Waals surface area contributed by atoms with Crippen LogP contribution in [-0.2, 0) is 17.5 Å². The van der Waals surface area contributed by atoms with Crippen LogP contribution < -0.4 is 5.32 Å². The number of anilines is 1. The number of nitrogens with one attached hydrogen (secondary N) is 1. The highest BCUT2D eigenvalue weighted by Gasteiger charge is 2.31. The van der Waals surface area contributed by atoms with Gasteiger partial charge < -0.3 is 5.32 Å². The van der Waals surface area contributed by atoms with Gasteiger partial charge in [0.05, 0.1) is 23.5 Å². The Morgan fingerprint density at radius 1 is 1.17 bits per heavy atom. The first kappa shape index (κ1) is 20.5. The molecule has 1 amide bonds. The summed E-state index contributed by atoms with van der Waals surface area (Å²) in [5.41, 5.74) is 0.513. The molecule has 0 aliphatic carbocycles. The van der Waals surface area contributed by atoms with E-state index in [1.165, 1.54) is 23.4 Å². The molecule has 0 fully saturated rings. The molecule has 0 radical (unpaired) electrons. The summed E-state index contributed by atoms with van der Waals surface area (Å²) in [6, 6.07) is 12.8. The Kier molecular flexibility index (Phi) is 6.28. The molecule has 0 bridgehead atoms. The minimum atomic E-state index is -4.52. The normalized spacial score (nSPS) is 11.6. The standard InChI is InChI=1S/C20H20F3N5O/c1-2-27(11-15-6-4-3-5-7-15)12-19(29)26-17-10-16(20(21,22)23)8-9-18(17)28-14-24-13-25-28/h3-10,13-14H,2,11-12H2,1H3,(H,26,29). The van der Waals surface area contributed by atoms with Crippen molar-refractivity contribution in [1.82, 2.24) is 19.7 Å². The number of hydrogen-bond acceptors (Lipinski definition) is 4. The van der Waals surface area contributed by atoms with Crippen molar-refractivity contribution >= 4 is 11.6 Å². The lowest BCUT2D eigenvalue weighted by Crippen LogP contribution is -2.33. The van der Waals surface area contributed by atoms with Crippen LogP contribution in [0.5, 0.6) is 0 Å². The van der Waals surface area contributed by atoms with Gasteiger partial charge in [-0.05, 0) is 30.3 Å². The fourth-order valence-corrected chi connectivity index (χ4v) is 2.86. The van der Waals surface area contributed by atoms with Crippen molar-refractivity contribution in [1.29, 1.82) is 0 Å². The Labute approximate surface area is 166 Å². The highest BCUT2D eigenvalue weighted by molar-refractivity contribution is 5.94. The van der Waals surface area contributed by atoms with Gasteiger partial charge in [0, 0.05) is 6.54 Å². The minimum absolute atomic E-state index is 0.0195. The van der Waals surface area contributed by atoms with Crippen LogP contribution in [0.3, 0.4) is 0 Å². The second-order valence-corrected chi connectivity index (χ2v) is 6.41. The molecule has 152 valence electrons. The molecule has 0 spiro atoms. The van der Waals surface area contributed by atoms with E-state index in [4.69, 9.17) is 0 Å². The number of halogens is 3. The molecular formula is C20H20F3N5O. The molecule has 6 nitrogen and oxygen atoms in total. The van der Waals surface area contributed by atoms with Crippen molar-refractivity contribution in [3.63, 3.8) is 0 Å². The summed E-state index contributed by atoms with van der Waals surface area (Å²) < 4.78 is 40.7. The van der Waals surface area contributed by atoms with Gasteiger partial charge >= 0.3 is 6.18 Å². The second kappa shape index (κ2) is 8.87. The van der Waals surface area contributed by atoms with Crippen LogP contribution in [-0.4, -0.2) is 38.7 Å². The Hall–Kier alpha value is -3.20. The summed E-state index contributed by atoms with van der Waals surface area (Å²) in [5.74, 6) is -0.413. The van der Waals surface area contributed by atoms with Crippen LogP contribution in [0, 0.1) is 0 Å². The van der Waals surface area contributed by atoms with Gasteiger partial charge in [-0.1, -0.05) is 37.3 Å². The number of carbonyl (C=O) groups excluding carboxylic acids is 1. The van der Waals surface area contributed by atoms with E-state index in [0.717, 1.165) is 17.7 Å². The number of hydrogen-bond donors (Lipinski definition) is 1. The monoisotopic (exact) mass is 403 g/mol. The van der Waals surface area contributed by atoms with E-state index in [0.29, 0.717) is 18.8 Å². The molecule has 3 aromatic rings. The van der Waals surface area contributed by atoms with Crippen molar-refractivity contribution in [3.8, 4) is 5.69 Å². The number of amides is 1. The van der Waals surface area contributed by atoms with Crippen LogP contribution in [0.1, 0.15) is 18.1 Å². The molecule has 0 atom stereocenters. The topological polar surface area (TPSA) is 63.1 Å². The molecule has 1 aromatic heterocycles. The number of alkyl halides is 3. The Morgan fingerprint density at radius 2 is 1.93 bits per heavy atom. The summed E-state index contributed by atoms with van der Waals surface area (Å²) in [5, 5.41) is 6.53. The van der Waals surface area contributed by atoms with Gasteiger partial charge in [0.1, 0.15) is 12.7 Å². The van der Waals surface area contributed by atoms with E-state index in [-0.39, 0.29) is 12.2 Å². The van der Waals surface area contributed by atoms with Crippen LogP contribution in [0.15, 0.2) is 61.2 Å². The largest absolute Gasteiger partial charge is 0.416 e. The lowest BCUT2D eigenvalue weighted by Gasteiger charge is -2.21. The van der Waals surface area contributed by atoms with Crippen molar-refractivity contribution in [3.05, 3.63) is 72.3 Å². The average molecular weight is 403 g/mol. The van der Waals surface area contributed by atoms with Crippen molar-refractivity contribution in [2.45, 2.75) is 19.6 Å². The molecule has 3 rings (SSSR count). The first-order chi connectivity index (χ1) is 13.9. The molecule has 2 aromatic carbocycles. The third kappa shape index (κ3) is 5.41. The number of carbonyl (C=O) groups is 1. The molecule has 1 N–H and O–H groups in total. The number of rotatable bonds is 7. The quantitative estimate of drug-likeness (QED) is 0.653. The summed E-state index contributed by atoms with van der Waals surface area (Å²) in [6.45, 7) is 3.13. The zero-order valence-electron chi connectivity index (χ0n) is 15.7. The third-order valence-corrected chi connectivity index (χ3v) is 4.33. The number of aromatic nitrogens is 3. The number of benzene rings is 2. The third-order valence-electron chi connectivity index (χ3n) is 4.33. The Morgan fingerprint density at radius 3 is 2.55 bits per heavy atom. The average Bonchev–Trinajstić information content (AvgIpc) is 3.22. The molecule has 1 heterocycles. The predicted octanol–water partition coefficient (Wildman–Crippen LogP) is 3.75. The van der Waals surface area contributed by atoms with Crippen molar-refractivity contribution in [2.75, 3.05) is 18.4 Å². The molecular weight excluding hydrogens is 383 g/mol. The maximum absolute atomic E-state index is 13.1. The lowest BCUT2D eigenvalue weighted by molar-refractivity contribution is -0.137. The van der Waals surface area contributed by atoms with Gasteiger partial charge in [-0.25, -0.2) is 9.67 Å². The molecule has 29 heavy (non-hydrogen) atoms. The molecule has 0 unspecified atom stereocenters. The Balaban J connectivity index is 1.79. The maximum Gasteiger partial charge on any atom is 0.416 e. The first-order valence-corrected chi connectivity index (χ1v) is 8.99. The first-order valence-electron chi connectivity index (χ1n) is 8.99. The number of likely N-dealkylation sites (N-methyl/N-ethyl adjacent to an activating group) is 1. The van der Waals surface area contributed by atoms with Crippen molar-refractivity contribution in [2.24, 2.45) is 0 Å². The van der Waals surface area contributed by atoms with Gasteiger partial charge in [-0.15, -0.1) is 0 Å². The summed E-state index contributed by atoms with van der Waals surface area (Å²) in [6.07, 6.45) is -1.91. The van der Waals surface area contributed by atoms with E-state index >= 15 is 0 Å². The molecule has 9 heteroatoms. The molecule has 0 saturated heterocycles. The smallest absolute Gasteiger partial charge is 0.323 e. The number of nitrogens with zero attached hydrogens (tertiary/aromatic N) is 4. The zero-order chi connectivity index (χ0) is 20.9. The van der Waals surface area contributed by atoms with E-state index in [1.807, 2.05) is 42.2 Å². The summed E-state index contributed by atoms with van der Waals surface area (Å²) >= 11 is 0. The van der Waals surface area contributed by atoms with Gasteiger partial charge in [0.15, 0.2) is 0 Å².